The first-order valence-electron chi connectivity index (χ1n) is 4.68. The molecule has 4 atom stereocenters. The third kappa shape index (κ3) is 2.30. The van der Waals surface area contributed by atoms with Gasteiger partial charge in [0.15, 0.2) is 0 Å². The average molecular weight is 222 g/mol. The molecule has 0 aromatic rings. The molecule has 0 spiro atoms. The Bertz CT molecular complexity index is 199. The molecule has 0 aliphatic carbocycles. The van der Waals surface area contributed by atoms with Gasteiger partial charge in [0.05, 0.1) is 6.61 Å². The van der Waals surface area contributed by atoms with Crippen LogP contribution in [0.3, 0.4) is 0 Å². The van der Waals surface area contributed by atoms with Crippen LogP contribution in [0.5, 0.6) is 0 Å². The number of methoxy groups -OCH3 is 3. The van der Waals surface area contributed by atoms with Gasteiger partial charge in [-0.2, -0.15) is 0 Å². The second-order valence-electron chi connectivity index (χ2n) is 3.47. The second kappa shape index (κ2) is 5.20. The van der Waals surface area contributed by atoms with E-state index in [4.69, 9.17) is 24.1 Å². The van der Waals surface area contributed by atoms with E-state index in [2.05, 4.69) is 0 Å². The minimum absolute atomic E-state index is 0.0398. The Balaban J connectivity index is 2.82. The van der Waals surface area contributed by atoms with E-state index in [9.17, 15) is 5.11 Å². The van der Waals surface area contributed by atoms with E-state index in [1.807, 2.05) is 0 Å². The van der Waals surface area contributed by atoms with Crippen LogP contribution in [-0.2, 0) is 18.9 Å². The van der Waals surface area contributed by atoms with Gasteiger partial charge in [0, 0.05) is 21.3 Å². The molecule has 0 aromatic carbocycles. The molecule has 1 rings (SSSR count). The first-order valence-corrected chi connectivity index (χ1v) is 4.68. The highest BCUT2D eigenvalue weighted by Crippen LogP contribution is 2.32. The van der Waals surface area contributed by atoms with Crippen LogP contribution in [0.2, 0.25) is 0 Å². The maximum absolute atomic E-state index is 10.1. The van der Waals surface area contributed by atoms with Crippen molar-refractivity contribution >= 4 is 0 Å². The zero-order valence-corrected chi connectivity index (χ0v) is 9.17. The van der Waals surface area contributed by atoms with Gasteiger partial charge in [0.1, 0.15) is 24.9 Å². The minimum atomic E-state index is -1.57. The van der Waals surface area contributed by atoms with E-state index in [1.165, 1.54) is 21.3 Å². The summed E-state index contributed by atoms with van der Waals surface area (Å²) in [5.41, 5.74) is 0. The minimum Gasteiger partial charge on any atom is -0.394 e. The van der Waals surface area contributed by atoms with Gasteiger partial charge in [0.2, 0.25) is 5.79 Å². The lowest BCUT2D eigenvalue weighted by Crippen LogP contribution is -2.48. The predicted molar refractivity (Wildman–Crippen MR) is 50.4 cm³/mol. The zero-order valence-electron chi connectivity index (χ0n) is 9.17. The fourth-order valence-electron chi connectivity index (χ4n) is 1.91. The van der Waals surface area contributed by atoms with Gasteiger partial charge in [-0.15, -0.1) is 0 Å². The van der Waals surface area contributed by atoms with E-state index in [0.29, 0.717) is 0 Å². The van der Waals surface area contributed by atoms with E-state index >= 15 is 0 Å². The van der Waals surface area contributed by atoms with E-state index in [0.717, 1.165) is 0 Å². The Morgan fingerprint density at radius 1 is 1.27 bits per heavy atom. The fraction of sp³-hybridized carbons (Fsp3) is 1.00. The molecule has 15 heavy (non-hydrogen) atoms. The standard InChI is InChI=1S/C9H18O6/c1-12-5-9(11)8(14-3)7(13-2)6(4-10)15-9/h6-8,10-11H,4-5H2,1-3H3/t6-,7-,8+,9+/m1/s1. The second-order valence-corrected chi connectivity index (χ2v) is 3.47. The van der Waals surface area contributed by atoms with Crippen molar-refractivity contribution in [1.29, 1.82) is 0 Å². The van der Waals surface area contributed by atoms with Crippen molar-refractivity contribution < 1.29 is 29.2 Å². The molecule has 1 fully saturated rings. The Hall–Kier alpha value is -0.240. The van der Waals surface area contributed by atoms with Crippen molar-refractivity contribution in [2.24, 2.45) is 0 Å². The summed E-state index contributed by atoms with van der Waals surface area (Å²) >= 11 is 0. The maximum atomic E-state index is 10.1. The number of ether oxygens (including phenoxy) is 4. The number of aliphatic hydroxyl groups excluding tert-OH is 1. The molecule has 1 aliphatic heterocycles. The SMILES string of the molecule is COC[C@]1(O)O[C@H](CO)[C@@H](OC)[C@@H]1OC. The van der Waals surface area contributed by atoms with Crippen molar-refractivity contribution in [2.45, 2.75) is 24.1 Å². The Labute approximate surface area is 88.7 Å². The summed E-state index contributed by atoms with van der Waals surface area (Å²) in [4.78, 5) is 0. The van der Waals surface area contributed by atoms with Crippen molar-refractivity contribution in [3.05, 3.63) is 0 Å². The molecule has 0 amide bonds. The number of rotatable bonds is 5. The lowest BCUT2D eigenvalue weighted by atomic mass is 10.1. The highest BCUT2D eigenvalue weighted by molar-refractivity contribution is 4.97. The average Bonchev–Trinajstić information content (AvgIpc) is 2.50. The third-order valence-electron chi connectivity index (χ3n) is 2.52. The van der Waals surface area contributed by atoms with Crippen LogP contribution < -0.4 is 0 Å². The Morgan fingerprint density at radius 3 is 2.33 bits per heavy atom. The highest BCUT2D eigenvalue weighted by Gasteiger charge is 2.55. The maximum Gasteiger partial charge on any atom is 0.219 e. The number of hydrogen-bond acceptors (Lipinski definition) is 6. The van der Waals surface area contributed by atoms with E-state index in [-0.39, 0.29) is 13.2 Å². The summed E-state index contributed by atoms with van der Waals surface area (Å²) in [6, 6.07) is 0. The number of aliphatic hydroxyl groups is 2. The van der Waals surface area contributed by atoms with Gasteiger partial charge in [-0.1, -0.05) is 0 Å². The molecule has 0 unspecified atom stereocenters. The van der Waals surface area contributed by atoms with Crippen LogP contribution in [0.25, 0.3) is 0 Å². The molecule has 0 bridgehead atoms. The van der Waals surface area contributed by atoms with Gasteiger partial charge < -0.3 is 29.2 Å². The van der Waals surface area contributed by atoms with Crippen LogP contribution in [0.4, 0.5) is 0 Å². The van der Waals surface area contributed by atoms with Crippen molar-refractivity contribution in [2.75, 3.05) is 34.5 Å². The highest BCUT2D eigenvalue weighted by atomic mass is 16.7. The van der Waals surface area contributed by atoms with Crippen molar-refractivity contribution in [1.82, 2.24) is 0 Å². The normalized spacial score (nSPS) is 41.0. The molecule has 0 aromatic heterocycles. The van der Waals surface area contributed by atoms with E-state index in [1.54, 1.807) is 0 Å². The van der Waals surface area contributed by atoms with Crippen LogP contribution in [0.1, 0.15) is 0 Å². The fourth-order valence-corrected chi connectivity index (χ4v) is 1.91. The molecule has 0 saturated carbocycles. The molecule has 1 heterocycles. The molecule has 6 heteroatoms. The quantitative estimate of drug-likeness (QED) is 0.605. The van der Waals surface area contributed by atoms with Crippen molar-refractivity contribution in [3.63, 3.8) is 0 Å². The zero-order chi connectivity index (χ0) is 11.5. The monoisotopic (exact) mass is 222 g/mol. The smallest absolute Gasteiger partial charge is 0.219 e. The Morgan fingerprint density at radius 2 is 1.93 bits per heavy atom. The summed E-state index contributed by atoms with van der Waals surface area (Å²) in [7, 11) is 4.36. The van der Waals surface area contributed by atoms with Crippen LogP contribution in [0.15, 0.2) is 0 Å². The van der Waals surface area contributed by atoms with Gasteiger partial charge in [-0.25, -0.2) is 0 Å². The number of hydrogen-bond donors (Lipinski definition) is 2. The lowest BCUT2D eigenvalue weighted by Gasteiger charge is -2.27. The van der Waals surface area contributed by atoms with Crippen LogP contribution in [0, 0.1) is 0 Å². The third-order valence-corrected chi connectivity index (χ3v) is 2.52. The first-order chi connectivity index (χ1) is 7.12. The summed E-state index contributed by atoms with van der Waals surface area (Å²) in [5, 5.41) is 19.2. The summed E-state index contributed by atoms with van der Waals surface area (Å²) in [5.74, 6) is -1.57. The van der Waals surface area contributed by atoms with Crippen LogP contribution >= 0.6 is 0 Å². The van der Waals surface area contributed by atoms with Gasteiger partial charge in [-0.05, 0) is 0 Å². The summed E-state index contributed by atoms with van der Waals surface area (Å²) in [6.07, 6.45) is -1.81. The topological polar surface area (TPSA) is 77.4 Å². The molecule has 1 aliphatic rings. The Kier molecular flexibility index (Phi) is 4.45. The molecule has 90 valence electrons. The largest absolute Gasteiger partial charge is 0.394 e. The molecule has 0 radical (unpaired) electrons. The molecular weight excluding hydrogens is 204 g/mol. The molecule has 6 nitrogen and oxygen atoms in total. The first kappa shape index (κ1) is 12.8. The predicted octanol–water partition coefficient (Wildman–Crippen LogP) is -1.26. The molecule has 2 N–H and O–H groups in total. The summed E-state index contributed by atoms with van der Waals surface area (Å²) < 4.78 is 20.4. The molecular formula is C9H18O6. The van der Waals surface area contributed by atoms with E-state index < -0.39 is 24.1 Å². The van der Waals surface area contributed by atoms with Crippen molar-refractivity contribution in [3.8, 4) is 0 Å². The van der Waals surface area contributed by atoms with Gasteiger partial charge >= 0.3 is 0 Å². The van der Waals surface area contributed by atoms with Gasteiger partial charge in [-0.3, -0.25) is 0 Å². The molecule has 1 saturated heterocycles. The lowest BCUT2D eigenvalue weighted by molar-refractivity contribution is -0.256. The van der Waals surface area contributed by atoms with Crippen LogP contribution in [-0.4, -0.2) is 68.9 Å². The van der Waals surface area contributed by atoms with Gasteiger partial charge in [0.25, 0.3) is 0 Å². The summed E-state index contributed by atoms with van der Waals surface area (Å²) in [6.45, 7) is -0.285.